The summed E-state index contributed by atoms with van der Waals surface area (Å²) in [5, 5.41) is 30.6. The van der Waals surface area contributed by atoms with Crippen LogP contribution in [0, 0.1) is 0 Å². The maximum atomic E-state index is 10.7. The first-order chi connectivity index (χ1) is 6.43. The van der Waals surface area contributed by atoms with E-state index in [1.807, 2.05) is 0 Å². The van der Waals surface area contributed by atoms with Crippen LogP contribution in [0.25, 0.3) is 0 Å². The van der Waals surface area contributed by atoms with Crippen LogP contribution in [0.4, 0.5) is 0 Å². The fraction of sp³-hybridized carbons (Fsp3) is 0.875. The summed E-state index contributed by atoms with van der Waals surface area (Å²) in [6, 6.07) is -0.987. The molecule has 5 atom stereocenters. The van der Waals surface area contributed by atoms with Gasteiger partial charge in [-0.25, -0.2) is 0 Å². The van der Waals surface area contributed by atoms with E-state index in [0.717, 1.165) is 0 Å². The van der Waals surface area contributed by atoms with Crippen LogP contribution in [0.5, 0.6) is 0 Å². The third-order valence-electron chi connectivity index (χ3n) is 2.23. The number of rotatable bonds is 1. The lowest BCUT2D eigenvalue weighted by Crippen LogP contribution is -2.62. The summed E-state index contributed by atoms with van der Waals surface area (Å²) in [7, 11) is 0. The zero-order chi connectivity index (χ0) is 10.9. The average molecular weight is 205 g/mol. The minimum atomic E-state index is -1.30. The molecule has 0 saturated carbocycles. The maximum Gasteiger partial charge on any atom is 0.217 e. The zero-order valence-electron chi connectivity index (χ0n) is 8.04. The summed E-state index contributed by atoms with van der Waals surface area (Å²) in [6.07, 6.45) is -4.30. The minimum absolute atomic E-state index is 0.404. The molecule has 0 bridgehead atoms. The predicted molar refractivity (Wildman–Crippen MR) is 46.2 cm³/mol. The second-order valence-electron chi connectivity index (χ2n) is 3.44. The van der Waals surface area contributed by atoms with Gasteiger partial charge in [0.05, 0.1) is 6.10 Å². The Morgan fingerprint density at radius 3 is 2.36 bits per heavy atom. The van der Waals surface area contributed by atoms with Crippen molar-refractivity contribution < 1.29 is 24.9 Å². The summed E-state index contributed by atoms with van der Waals surface area (Å²) >= 11 is 0. The molecule has 1 aliphatic rings. The van der Waals surface area contributed by atoms with Crippen LogP contribution >= 0.6 is 0 Å². The molecule has 6 heteroatoms. The molecule has 0 aliphatic carbocycles. The Balaban J connectivity index is 2.68. The van der Waals surface area contributed by atoms with Gasteiger partial charge in [-0.05, 0) is 6.92 Å². The minimum Gasteiger partial charge on any atom is -0.388 e. The summed E-state index contributed by atoms with van der Waals surface area (Å²) in [5.74, 6) is -0.404. The van der Waals surface area contributed by atoms with Crippen LogP contribution in [0.15, 0.2) is 0 Å². The van der Waals surface area contributed by atoms with Gasteiger partial charge in [-0.2, -0.15) is 0 Å². The van der Waals surface area contributed by atoms with E-state index in [4.69, 9.17) is 4.74 Å². The molecule has 1 saturated heterocycles. The number of ether oxygens (including phenoxy) is 1. The SMILES string of the molecule is CC(=O)N[C@H]1C(O)[C@H](O)C(C)O[C@H]1O. The van der Waals surface area contributed by atoms with Crippen molar-refractivity contribution >= 4 is 5.91 Å². The number of hydrogen-bond donors (Lipinski definition) is 4. The molecule has 0 radical (unpaired) electrons. The monoisotopic (exact) mass is 205 g/mol. The number of nitrogens with one attached hydrogen (secondary N) is 1. The van der Waals surface area contributed by atoms with E-state index >= 15 is 0 Å². The highest BCUT2D eigenvalue weighted by Crippen LogP contribution is 2.19. The standard InChI is InChI=1S/C8H15NO5/c1-3-6(11)7(12)5(8(13)14-3)9-4(2)10/h3,5-8,11-13H,1-2H3,(H,9,10)/t3?,5-,6+,7?,8+/m0/s1. The lowest BCUT2D eigenvalue weighted by Gasteiger charge is -2.39. The van der Waals surface area contributed by atoms with Gasteiger partial charge in [-0.3, -0.25) is 4.79 Å². The predicted octanol–water partition coefficient (Wildman–Crippen LogP) is -2.05. The lowest BCUT2D eigenvalue weighted by atomic mass is 9.98. The molecule has 2 unspecified atom stereocenters. The number of hydrogen-bond acceptors (Lipinski definition) is 5. The average Bonchev–Trinajstić information content (AvgIpc) is 2.09. The van der Waals surface area contributed by atoms with Gasteiger partial charge in [-0.1, -0.05) is 0 Å². The Morgan fingerprint density at radius 1 is 1.29 bits per heavy atom. The van der Waals surface area contributed by atoms with Crippen LogP contribution in [0.2, 0.25) is 0 Å². The smallest absolute Gasteiger partial charge is 0.217 e. The first-order valence-corrected chi connectivity index (χ1v) is 4.40. The molecule has 14 heavy (non-hydrogen) atoms. The van der Waals surface area contributed by atoms with E-state index in [2.05, 4.69) is 5.32 Å². The quantitative estimate of drug-likeness (QED) is 0.395. The van der Waals surface area contributed by atoms with Crippen LogP contribution in [0.3, 0.4) is 0 Å². The molecule has 1 rings (SSSR count). The van der Waals surface area contributed by atoms with Crippen LogP contribution in [0.1, 0.15) is 13.8 Å². The van der Waals surface area contributed by atoms with Gasteiger partial charge in [0.25, 0.3) is 0 Å². The van der Waals surface area contributed by atoms with Crippen molar-refractivity contribution in [2.24, 2.45) is 0 Å². The summed E-state index contributed by atoms with van der Waals surface area (Å²) < 4.78 is 4.91. The van der Waals surface area contributed by atoms with Crippen LogP contribution < -0.4 is 5.32 Å². The molecule has 1 aliphatic heterocycles. The molecule has 0 aromatic carbocycles. The van der Waals surface area contributed by atoms with E-state index in [1.165, 1.54) is 13.8 Å². The lowest BCUT2D eigenvalue weighted by molar-refractivity contribution is -0.242. The normalized spacial score (nSPS) is 43.4. The van der Waals surface area contributed by atoms with Gasteiger partial charge in [0, 0.05) is 6.92 Å². The first kappa shape index (κ1) is 11.4. The van der Waals surface area contributed by atoms with Gasteiger partial charge < -0.3 is 25.4 Å². The van der Waals surface area contributed by atoms with Crippen molar-refractivity contribution in [2.75, 3.05) is 0 Å². The fourth-order valence-electron chi connectivity index (χ4n) is 1.44. The molecule has 6 nitrogen and oxygen atoms in total. The summed E-state index contributed by atoms with van der Waals surface area (Å²) in [4.78, 5) is 10.7. The molecular weight excluding hydrogens is 190 g/mol. The molecule has 1 heterocycles. The van der Waals surface area contributed by atoms with Crippen molar-refractivity contribution in [3.8, 4) is 0 Å². The third kappa shape index (κ3) is 2.21. The van der Waals surface area contributed by atoms with E-state index in [-0.39, 0.29) is 0 Å². The van der Waals surface area contributed by atoms with Crippen molar-refractivity contribution in [2.45, 2.75) is 44.5 Å². The number of aliphatic hydroxyl groups is 3. The number of carbonyl (C=O) groups excluding carboxylic acids is 1. The van der Waals surface area contributed by atoms with Crippen LogP contribution in [-0.4, -0.2) is 51.9 Å². The largest absolute Gasteiger partial charge is 0.388 e. The van der Waals surface area contributed by atoms with Gasteiger partial charge in [0.2, 0.25) is 5.91 Å². The van der Waals surface area contributed by atoms with E-state index in [0.29, 0.717) is 0 Å². The van der Waals surface area contributed by atoms with Crippen molar-refractivity contribution in [3.63, 3.8) is 0 Å². The first-order valence-electron chi connectivity index (χ1n) is 4.40. The van der Waals surface area contributed by atoms with Gasteiger partial charge >= 0.3 is 0 Å². The second-order valence-corrected chi connectivity index (χ2v) is 3.44. The van der Waals surface area contributed by atoms with Gasteiger partial charge in [0.15, 0.2) is 6.29 Å². The highest BCUT2D eigenvalue weighted by molar-refractivity contribution is 5.73. The molecule has 0 aromatic rings. The Morgan fingerprint density at radius 2 is 1.86 bits per heavy atom. The summed E-state index contributed by atoms with van der Waals surface area (Å²) in [6.45, 7) is 2.78. The second kappa shape index (κ2) is 4.22. The number of carbonyl (C=O) groups is 1. The molecule has 1 amide bonds. The van der Waals surface area contributed by atoms with E-state index in [9.17, 15) is 20.1 Å². The Labute approximate surface area is 81.5 Å². The van der Waals surface area contributed by atoms with Crippen molar-refractivity contribution in [1.82, 2.24) is 5.32 Å². The van der Waals surface area contributed by atoms with E-state index < -0.39 is 36.6 Å². The van der Waals surface area contributed by atoms with Crippen molar-refractivity contribution in [3.05, 3.63) is 0 Å². The third-order valence-corrected chi connectivity index (χ3v) is 2.23. The highest BCUT2D eigenvalue weighted by Gasteiger charge is 2.42. The summed E-state index contributed by atoms with van der Waals surface area (Å²) in [5.41, 5.74) is 0. The molecular formula is C8H15NO5. The van der Waals surface area contributed by atoms with E-state index in [1.54, 1.807) is 0 Å². The van der Waals surface area contributed by atoms with Gasteiger partial charge in [-0.15, -0.1) is 0 Å². The Bertz CT molecular complexity index is 222. The molecule has 82 valence electrons. The Kier molecular flexibility index (Phi) is 3.43. The number of aliphatic hydroxyl groups excluding tert-OH is 3. The Hall–Kier alpha value is -0.690. The van der Waals surface area contributed by atoms with Gasteiger partial charge in [0.1, 0.15) is 18.2 Å². The highest BCUT2D eigenvalue weighted by atomic mass is 16.6. The molecule has 0 spiro atoms. The molecule has 1 fully saturated rings. The maximum absolute atomic E-state index is 10.7. The molecule has 0 aromatic heterocycles. The fourth-order valence-corrected chi connectivity index (χ4v) is 1.44. The number of amides is 1. The van der Waals surface area contributed by atoms with Crippen molar-refractivity contribution in [1.29, 1.82) is 0 Å². The molecule has 4 N–H and O–H groups in total. The van der Waals surface area contributed by atoms with Crippen LogP contribution in [-0.2, 0) is 9.53 Å². The topological polar surface area (TPSA) is 99.0 Å². The zero-order valence-corrected chi connectivity index (χ0v) is 8.04.